The van der Waals surface area contributed by atoms with Crippen LogP contribution in [0.15, 0.2) is 0 Å². The lowest BCUT2D eigenvalue weighted by atomic mass is 10.7. The summed E-state index contributed by atoms with van der Waals surface area (Å²) < 4.78 is 4.68. The molecule has 0 aromatic rings. The summed E-state index contributed by atoms with van der Waals surface area (Å²) in [4.78, 5) is 0. The van der Waals surface area contributed by atoms with Gasteiger partial charge in [-0.2, -0.15) is 0 Å². The summed E-state index contributed by atoms with van der Waals surface area (Å²) in [7, 11) is 1.64. The van der Waals surface area contributed by atoms with Gasteiger partial charge in [0.15, 0.2) is 0 Å². The fourth-order valence-corrected chi connectivity index (χ4v) is 0.276. The molecule has 0 aliphatic rings. The van der Waals surface area contributed by atoms with Gasteiger partial charge in [0.1, 0.15) is 0 Å². The molecule has 0 unspecified atom stereocenters. The largest absolute Gasteiger partial charge is 0.370 e. The molecular formula is C4H12N2O. The van der Waals surface area contributed by atoms with E-state index in [0.29, 0.717) is 13.3 Å². The van der Waals surface area contributed by atoms with Crippen molar-refractivity contribution in [2.75, 3.05) is 26.9 Å². The summed E-state index contributed by atoms with van der Waals surface area (Å²) in [6.45, 7) is 2.09. The van der Waals surface area contributed by atoms with Crippen molar-refractivity contribution in [3.63, 3.8) is 0 Å². The SMILES string of the molecule is COCNCCN. The second kappa shape index (κ2) is 5.88. The van der Waals surface area contributed by atoms with Crippen molar-refractivity contribution in [3.05, 3.63) is 0 Å². The monoisotopic (exact) mass is 104 g/mol. The van der Waals surface area contributed by atoms with Crippen molar-refractivity contribution in [2.45, 2.75) is 0 Å². The van der Waals surface area contributed by atoms with E-state index >= 15 is 0 Å². The normalized spacial score (nSPS) is 9.43. The van der Waals surface area contributed by atoms with Crippen LogP contribution in [0.2, 0.25) is 0 Å². The van der Waals surface area contributed by atoms with E-state index in [9.17, 15) is 0 Å². The molecule has 0 saturated carbocycles. The van der Waals surface area contributed by atoms with Crippen LogP contribution in [0.3, 0.4) is 0 Å². The van der Waals surface area contributed by atoms with Crippen LogP contribution in [-0.4, -0.2) is 26.9 Å². The van der Waals surface area contributed by atoms with Crippen molar-refractivity contribution in [1.82, 2.24) is 5.32 Å². The number of nitrogens with two attached hydrogens (primary N) is 1. The molecular weight excluding hydrogens is 92.1 g/mol. The Morgan fingerprint density at radius 3 is 2.86 bits per heavy atom. The van der Waals surface area contributed by atoms with E-state index < -0.39 is 0 Å². The van der Waals surface area contributed by atoms with Gasteiger partial charge in [0, 0.05) is 20.2 Å². The van der Waals surface area contributed by atoms with Crippen LogP contribution in [0.4, 0.5) is 0 Å². The molecule has 3 nitrogen and oxygen atoms in total. The van der Waals surface area contributed by atoms with Crippen LogP contribution in [0.25, 0.3) is 0 Å². The molecule has 0 aromatic heterocycles. The van der Waals surface area contributed by atoms with Crippen molar-refractivity contribution < 1.29 is 4.74 Å². The van der Waals surface area contributed by atoms with E-state index in [-0.39, 0.29) is 0 Å². The second-order valence-electron chi connectivity index (χ2n) is 1.22. The Labute approximate surface area is 43.8 Å². The molecule has 0 aliphatic heterocycles. The molecule has 0 bridgehead atoms. The first kappa shape index (κ1) is 6.88. The number of rotatable bonds is 4. The number of nitrogens with one attached hydrogen (secondary N) is 1. The first-order valence-corrected chi connectivity index (χ1v) is 2.31. The highest BCUT2D eigenvalue weighted by Gasteiger charge is 1.75. The molecule has 7 heavy (non-hydrogen) atoms. The third kappa shape index (κ3) is 5.88. The first-order chi connectivity index (χ1) is 3.41. The van der Waals surface area contributed by atoms with Crippen molar-refractivity contribution in [1.29, 1.82) is 0 Å². The van der Waals surface area contributed by atoms with Crippen LogP contribution in [0.1, 0.15) is 0 Å². The molecule has 0 spiro atoms. The Hall–Kier alpha value is -0.120. The molecule has 0 radical (unpaired) electrons. The minimum atomic E-state index is 0.594. The lowest BCUT2D eigenvalue weighted by Gasteiger charge is -1.97. The number of ether oxygens (including phenoxy) is 1. The zero-order valence-corrected chi connectivity index (χ0v) is 4.61. The predicted octanol–water partition coefficient (Wildman–Crippen LogP) is -0.861. The zero-order chi connectivity index (χ0) is 5.54. The standard InChI is InChI=1S/C4H12N2O/c1-7-4-6-3-2-5/h6H,2-5H2,1H3. The summed E-state index contributed by atoms with van der Waals surface area (Å²) in [5.41, 5.74) is 5.15. The first-order valence-electron chi connectivity index (χ1n) is 2.31. The minimum absolute atomic E-state index is 0.594. The van der Waals surface area contributed by atoms with E-state index in [2.05, 4.69) is 10.1 Å². The summed E-state index contributed by atoms with van der Waals surface area (Å²) in [5.74, 6) is 0. The molecule has 0 amide bonds. The summed E-state index contributed by atoms with van der Waals surface area (Å²) >= 11 is 0. The van der Waals surface area contributed by atoms with Crippen LogP contribution in [0.5, 0.6) is 0 Å². The van der Waals surface area contributed by atoms with Crippen molar-refractivity contribution >= 4 is 0 Å². The average molecular weight is 104 g/mol. The molecule has 44 valence electrons. The van der Waals surface area contributed by atoms with Gasteiger partial charge in [-0.05, 0) is 0 Å². The number of methoxy groups -OCH3 is 1. The maximum Gasteiger partial charge on any atom is 0.0961 e. The molecule has 0 heterocycles. The Balaban J connectivity index is 2.45. The molecule has 3 N–H and O–H groups in total. The molecule has 3 heteroatoms. The van der Waals surface area contributed by atoms with Crippen LogP contribution in [0, 0.1) is 0 Å². The topological polar surface area (TPSA) is 47.3 Å². The highest BCUT2D eigenvalue weighted by atomic mass is 16.5. The highest BCUT2D eigenvalue weighted by molar-refractivity contribution is 4.36. The van der Waals surface area contributed by atoms with E-state index in [4.69, 9.17) is 5.73 Å². The molecule has 0 aromatic carbocycles. The fraction of sp³-hybridized carbons (Fsp3) is 1.00. The summed E-state index contributed by atoms with van der Waals surface area (Å²) in [6.07, 6.45) is 0. The van der Waals surface area contributed by atoms with Gasteiger partial charge in [-0.25, -0.2) is 0 Å². The zero-order valence-electron chi connectivity index (χ0n) is 4.61. The minimum Gasteiger partial charge on any atom is -0.370 e. The Morgan fingerprint density at radius 1 is 1.71 bits per heavy atom. The number of hydrogen-bond donors (Lipinski definition) is 2. The van der Waals surface area contributed by atoms with E-state index in [1.165, 1.54) is 0 Å². The highest BCUT2D eigenvalue weighted by Crippen LogP contribution is 1.55. The summed E-state index contributed by atoms with van der Waals surface area (Å²) in [6, 6.07) is 0. The van der Waals surface area contributed by atoms with Gasteiger partial charge in [0.25, 0.3) is 0 Å². The van der Waals surface area contributed by atoms with Gasteiger partial charge in [-0.1, -0.05) is 0 Å². The Bertz CT molecular complexity index is 28.9. The quantitative estimate of drug-likeness (QED) is 0.360. The van der Waals surface area contributed by atoms with Gasteiger partial charge in [-0.3, -0.25) is 5.32 Å². The maximum absolute atomic E-state index is 5.15. The van der Waals surface area contributed by atoms with E-state index in [1.807, 2.05) is 0 Å². The van der Waals surface area contributed by atoms with Crippen LogP contribution >= 0.6 is 0 Å². The van der Waals surface area contributed by atoms with Crippen molar-refractivity contribution in [3.8, 4) is 0 Å². The van der Waals surface area contributed by atoms with Crippen LogP contribution < -0.4 is 11.1 Å². The van der Waals surface area contributed by atoms with Gasteiger partial charge < -0.3 is 10.5 Å². The average Bonchev–Trinajstić information content (AvgIpc) is 1.69. The molecule has 0 rings (SSSR count). The number of hydrogen-bond acceptors (Lipinski definition) is 3. The van der Waals surface area contributed by atoms with E-state index in [0.717, 1.165) is 6.54 Å². The third-order valence-corrected chi connectivity index (χ3v) is 0.568. The van der Waals surface area contributed by atoms with Gasteiger partial charge in [0.05, 0.1) is 6.73 Å². The molecule has 0 aliphatic carbocycles. The smallest absolute Gasteiger partial charge is 0.0961 e. The third-order valence-electron chi connectivity index (χ3n) is 0.568. The Morgan fingerprint density at radius 2 is 2.43 bits per heavy atom. The lowest BCUT2D eigenvalue weighted by Crippen LogP contribution is -2.23. The lowest BCUT2D eigenvalue weighted by molar-refractivity contribution is 0.177. The fourth-order valence-electron chi connectivity index (χ4n) is 0.276. The molecule has 0 saturated heterocycles. The van der Waals surface area contributed by atoms with Crippen molar-refractivity contribution in [2.24, 2.45) is 5.73 Å². The Kier molecular flexibility index (Phi) is 5.78. The molecule has 0 atom stereocenters. The second-order valence-corrected chi connectivity index (χ2v) is 1.22. The van der Waals surface area contributed by atoms with E-state index in [1.54, 1.807) is 7.11 Å². The molecule has 0 fully saturated rings. The predicted molar refractivity (Wildman–Crippen MR) is 28.9 cm³/mol. The van der Waals surface area contributed by atoms with Gasteiger partial charge in [0.2, 0.25) is 0 Å². The van der Waals surface area contributed by atoms with Crippen LogP contribution in [-0.2, 0) is 4.74 Å². The summed E-state index contributed by atoms with van der Waals surface area (Å²) in [5, 5.41) is 2.94. The van der Waals surface area contributed by atoms with Gasteiger partial charge >= 0.3 is 0 Å². The van der Waals surface area contributed by atoms with Gasteiger partial charge in [-0.15, -0.1) is 0 Å². The maximum atomic E-state index is 5.15.